The number of nitrogens with zero attached hydrogens (tertiary/aromatic N) is 2. The van der Waals surface area contributed by atoms with Gasteiger partial charge in [0, 0.05) is 40.8 Å². The highest BCUT2D eigenvalue weighted by Gasteiger charge is 2.14. The molecule has 1 aromatic carbocycles. The highest BCUT2D eigenvalue weighted by molar-refractivity contribution is 7.12. The van der Waals surface area contributed by atoms with Gasteiger partial charge in [0.2, 0.25) is 0 Å². The standard InChI is InChI=1S/C16H10ClN3O3S/c17-12-5-13(7-14(6-12)20(22)23)19-16(21)15-4-11(9-24-15)10-2-1-3-18-8-10/h1-9H,(H,19,21). The fourth-order valence-corrected chi connectivity index (χ4v) is 3.13. The van der Waals surface area contributed by atoms with Gasteiger partial charge in [-0.25, -0.2) is 0 Å². The number of hydrogen-bond donors (Lipinski definition) is 1. The highest BCUT2D eigenvalue weighted by atomic mass is 35.5. The summed E-state index contributed by atoms with van der Waals surface area (Å²) in [6.07, 6.45) is 3.39. The average molecular weight is 360 g/mol. The fourth-order valence-electron chi connectivity index (χ4n) is 2.08. The summed E-state index contributed by atoms with van der Waals surface area (Å²) in [7, 11) is 0. The first-order valence-electron chi connectivity index (χ1n) is 6.78. The number of carbonyl (C=O) groups excluding carboxylic acids is 1. The van der Waals surface area contributed by atoms with Crippen LogP contribution < -0.4 is 5.32 Å². The highest BCUT2D eigenvalue weighted by Crippen LogP contribution is 2.27. The zero-order valence-corrected chi connectivity index (χ0v) is 13.7. The van der Waals surface area contributed by atoms with Crippen LogP contribution in [0.1, 0.15) is 9.67 Å². The van der Waals surface area contributed by atoms with E-state index in [1.54, 1.807) is 18.5 Å². The topological polar surface area (TPSA) is 85.1 Å². The predicted molar refractivity (Wildman–Crippen MR) is 93.6 cm³/mol. The van der Waals surface area contributed by atoms with Crippen molar-refractivity contribution in [1.29, 1.82) is 0 Å². The van der Waals surface area contributed by atoms with Crippen LogP contribution in [-0.4, -0.2) is 15.8 Å². The minimum atomic E-state index is -0.562. The maximum absolute atomic E-state index is 12.3. The van der Waals surface area contributed by atoms with Gasteiger partial charge < -0.3 is 5.32 Å². The first-order valence-corrected chi connectivity index (χ1v) is 8.04. The van der Waals surface area contributed by atoms with Crippen LogP contribution in [0, 0.1) is 10.1 Å². The number of nitrogens with one attached hydrogen (secondary N) is 1. The van der Waals surface area contributed by atoms with E-state index in [2.05, 4.69) is 10.3 Å². The number of rotatable bonds is 4. The molecule has 6 nitrogen and oxygen atoms in total. The molecule has 0 atom stereocenters. The predicted octanol–water partition coefficient (Wildman–Crippen LogP) is 4.62. The Balaban J connectivity index is 1.81. The molecule has 0 unspecified atom stereocenters. The molecule has 0 radical (unpaired) electrons. The van der Waals surface area contributed by atoms with Gasteiger partial charge in [-0.05, 0) is 29.1 Å². The van der Waals surface area contributed by atoms with Gasteiger partial charge >= 0.3 is 0 Å². The Morgan fingerprint density at radius 3 is 2.79 bits per heavy atom. The van der Waals surface area contributed by atoms with Crippen molar-refractivity contribution < 1.29 is 9.72 Å². The van der Waals surface area contributed by atoms with E-state index < -0.39 is 4.92 Å². The van der Waals surface area contributed by atoms with Gasteiger partial charge in [0.15, 0.2) is 0 Å². The summed E-state index contributed by atoms with van der Waals surface area (Å²) >= 11 is 7.13. The lowest BCUT2D eigenvalue weighted by molar-refractivity contribution is -0.384. The zero-order valence-electron chi connectivity index (χ0n) is 12.1. The summed E-state index contributed by atoms with van der Waals surface area (Å²) in [5.41, 5.74) is 1.89. The number of halogens is 1. The largest absolute Gasteiger partial charge is 0.321 e. The number of aromatic nitrogens is 1. The third-order valence-electron chi connectivity index (χ3n) is 3.17. The molecule has 8 heteroatoms. The molecule has 0 saturated carbocycles. The Morgan fingerprint density at radius 1 is 1.25 bits per heavy atom. The molecule has 0 fully saturated rings. The molecule has 0 aliphatic rings. The quantitative estimate of drug-likeness (QED) is 0.543. The molecular weight excluding hydrogens is 350 g/mol. The van der Waals surface area contributed by atoms with Crippen molar-refractivity contribution in [2.75, 3.05) is 5.32 Å². The Hall–Kier alpha value is -2.77. The van der Waals surface area contributed by atoms with Crippen LogP contribution >= 0.6 is 22.9 Å². The summed E-state index contributed by atoms with van der Waals surface area (Å²) in [6, 6.07) is 9.41. The van der Waals surface area contributed by atoms with Crippen molar-refractivity contribution in [3.63, 3.8) is 0 Å². The molecule has 0 aliphatic heterocycles. The lowest BCUT2D eigenvalue weighted by Crippen LogP contribution is -2.10. The summed E-state index contributed by atoms with van der Waals surface area (Å²) in [5.74, 6) is -0.355. The molecule has 1 N–H and O–H groups in total. The lowest BCUT2D eigenvalue weighted by Gasteiger charge is -2.04. The lowest BCUT2D eigenvalue weighted by atomic mass is 10.1. The van der Waals surface area contributed by atoms with Crippen molar-refractivity contribution in [3.8, 4) is 11.1 Å². The minimum absolute atomic E-state index is 0.181. The Morgan fingerprint density at radius 2 is 2.08 bits per heavy atom. The Labute approximate surface area is 145 Å². The Kier molecular flexibility index (Phi) is 4.54. The van der Waals surface area contributed by atoms with Crippen molar-refractivity contribution in [2.24, 2.45) is 0 Å². The maximum Gasteiger partial charge on any atom is 0.272 e. The molecule has 120 valence electrons. The normalized spacial score (nSPS) is 10.4. The molecule has 0 saturated heterocycles. The maximum atomic E-state index is 12.3. The molecule has 0 aliphatic carbocycles. The van der Waals surface area contributed by atoms with E-state index in [9.17, 15) is 14.9 Å². The van der Waals surface area contributed by atoms with E-state index in [-0.39, 0.29) is 22.3 Å². The molecule has 0 spiro atoms. The summed E-state index contributed by atoms with van der Waals surface area (Å²) < 4.78 is 0. The molecular formula is C16H10ClN3O3S. The molecule has 3 rings (SSSR count). The number of anilines is 1. The molecule has 2 heterocycles. The number of pyridine rings is 1. The van der Waals surface area contributed by atoms with Crippen molar-refractivity contribution >= 4 is 40.2 Å². The SMILES string of the molecule is O=C(Nc1cc(Cl)cc([N+](=O)[O-])c1)c1cc(-c2cccnc2)cs1. The monoisotopic (exact) mass is 359 g/mol. The second-order valence-electron chi connectivity index (χ2n) is 4.85. The number of thiophene rings is 1. The number of benzene rings is 1. The average Bonchev–Trinajstić information content (AvgIpc) is 3.05. The van der Waals surface area contributed by atoms with Crippen LogP contribution in [0.2, 0.25) is 5.02 Å². The number of nitro groups is 1. The molecule has 3 aromatic rings. The molecule has 0 bridgehead atoms. The first-order chi connectivity index (χ1) is 11.5. The number of carbonyl (C=O) groups is 1. The van der Waals surface area contributed by atoms with Gasteiger partial charge in [-0.15, -0.1) is 11.3 Å². The smallest absolute Gasteiger partial charge is 0.272 e. The van der Waals surface area contributed by atoms with Gasteiger partial charge in [-0.1, -0.05) is 17.7 Å². The van der Waals surface area contributed by atoms with E-state index in [1.807, 2.05) is 17.5 Å². The zero-order chi connectivity index (χ0) is 17.1. The van der Waals surface area contributed by atoms with Crippen LogP contribution in [0.25, 0.3) is 11.1 Å². The fraction of sp³-hybridized carbons (Fsp3) is 0. The van der Waals surface area contributed by atoms with Gasteiger partial charge in [0.25, 0.3) is 11.6 Å². The van der Waals surface area contributed by atoms with Crippen LogP contribution in [0.4, 0.5) is 11.4 Å². The summed E-state index contributed by atoms with van der Waals surface area (Å²) in [6.45, 7) is 0. The van der Waals surface area contributed by atoms with Gasteiger partial charge in [-0.2, -0.15) is 0 Å². The van der Waals surface area contributed by atoms with Gasteiger partial charge in [0.05, 0.1) is 9.80 Å². The molecule has 1 amide bonds. The van der Waals surface area contributed by atoms with Crippen LogP contribution in [-0.2, 0) is 0 Å². The van der Waals surface area contributed by atoms with E-state index in [1.165, 1.54) is 29.5 Å². The Bertz CT molecular complexity index is 912. The van der Waals surface area contributed by atoms with Crippen LogP contribution in [0.3, 0.4) is 0 Å². The van der Waals surface area contributed by atoms with Crippen LogP contribution in [0.5, 0.6) is 0 Å². The molecule has 24 heavy (non-hydrogen) atoms. The number of hydrogen-bond acceptors (Lipinski definition) is 5. The number of amides is 1. The van der Waals surface area contributed by atoms with E-state index in [0.29, 0.717) is 4.88 Å². The van der Waals surface area contributed by atoms with Crippen molar-refractivity contribution in [1.82, 2.24) is 4.98 Å². The second-order valence-corrected chi connectivity index (χ2v) is 6.20. The van der Waals surface area contributed by atoms with Crippen molar-refractivity contribution in [3.05, 3.63) is 74.2 Å². The van der Waals surface area contributed by atoms with Gasteiger partial charge in [0.1, 0.15) is 0 Å². The second kappa shape index (κ2) is 6.77. The van der Waals surface area contributed by atoms with Gasteiger partial charge in [-0.3, -0.25) is 19.9 Å². The third kappa shape index (κ3) is 3.58. The first kappa shape index (κ1) is 16.1. The third-order valence-corrected chi connectivity index (χ3v) is 4.32. The molecule has 2 aromatic heterocycles. The number of non-ortho nitro benzene ring substituents is 1. The van der Waals surface area contributed by atoms with E-state index in [0.717, 1.165) is 11.1 Å². The minimum Gasteiger partial charge on any atom is -0.321 e. The summed E-state index contributed by atoms with van der Waals surface area (Å²) in [5, 5.41) is 15.5. The number of nitro benzene ring substituents is 1. The summed E-state index contributed by atoms with van der Waals surface area (Å²) in [4.78, 5) is 27.1. The van der Waals surface area contributed by atoms with Crippen molar-refractivity contribution in [2.45, 2.75) is 0 Å². The van der Waals surface area contributed by atoms with E-state index >= 15 is 0 Å². The van der Waals surface area contributed by atoms with Crippen LogP contribution in [0.15, 0.2) is 54.2 Å². The van der Waals surface area contributed by atoms with E-state index in [4.69, 9.17) is 11.6 Å².